The highest BCUT2D eigenvalue weighted by molar-refractivity contribution is 9.10. The lowest BCUT2D eigenvalue weighted by Crippen LogP contribution is -2.48. The minimum atomic E-state index is 0.745. The predicted octanol–water partition coefficient (Wildman–Crippen LogP) is 2.31. The van der Waals surface area contributed by atoms with Gasteiger partial charge < -0.3 is 9.64 Å². The minimum absolute atomic E-state index is 0.745. The molecule has 2 saturated heterocycles. The second kappa shape index (κ2) is 6.41. The van der Waals surface area contributed by atoms with Crippen molar-refractivity contribution < 1.29 is 4.74 Å². The fourth-order valence-electron chi connectivity index (χ4n) is 2.95. The first-order valence-electron chi connectivity index (χ1n) is 7.39. The summed E-state index contributed by atoms with van der Waals surface area (Å²) in [6.07, 6.45) is 3.14. The van der Waals surface area contributed by atoms with Crippen molar-refractivity contribution in [3.05, 3.63) is 22.3 Å². The predicted molar refractivity (Wildman–Crippen MR) is 84.3 cm³/mol. The van der Waals surface area contributed by atoms with Crippen molar-refractivity contribution in [2.24, 2.45) is 5.92 Å². The summed E-state index contributed by atoms with van der Waals surface area (Å²) in [6, 6.07) is 2.17. The molecule has 5 heteroatoms. The van der Waals surface area contributed by atoms with Gasteiger partial charge in [0.25, 0.3) is 0 Å². The minimum Gasteiger partial charge on any atom is -0.381 e. The van der Waals surface area contributed by atoms with E-state index in [4.69, 9.17) is 4.74 Å². The van der Waals surface area contributed by atoms with Crippen molar-refractivity contribution >= 4 is 21.7 Å². The number of anilines is 1. The maximum Gasteiger partial charge on any atom is 0.128 e. The van der Waals surface area contributed by atoms with Gasteiger partial charge in [0.2, 0.25) is 0 Å². The topological polar surface area (TPSA) is 28.6 Å². The molecule has 3 rings (SSSR count). The van der Waals surface area contributed by atoms with E-state index in [0.29, 0.717) is 0 Å². The number of ether oxygens (including phenoxy) is 1. The van der Waals surface area contributed by atoms with Gasteiger partial charge in [0.05, 0.1) is 6.61 Å². The van der Waals surface area contributed by atoms with Crippen LogP contribution in [0.3, 0.4) is 0 Å². The molecule has 4 nitrogen and oxygen atoms in total. The molecule has 1 unspecified atom stereocenters. The summed E-state index contributed by atoms with van der Waals surface area (Å²) in [5.74, 6) is 1.85. The van der Waals surface area contributed by atoms with Crippen molar-refractivity contribution in [2.45, 2.75) is 13.3 Å². The molecule has 0 aromatic carbocycles. The Kier molecular flexibility index (Phi) is 4.58. The van der Waals surface area contributed by atoms with Gasteiger partial charge in [-0.2, -0.15) is 0 Å². The standard InChI is InChI=1S/C15H22BrN3O/c1-12-8-15(17-9-14(12)16)19-5-3-18(4-6-19)10-13-2-7-20-11-13/h8-9,13H,2-7,10-11H2,1H3. The van der Waals surface area contributed by atoms with Gasteiger partial charge in [-0.05, 0) is 46.8 Å². The average molecular weight is 340 g/mol. The summed E-state index contributed by atoms with van der Waals surface area (Å²) >= 11 is 3.51. The highest BCUT2D eigenvalue weighted by atomic mass is 79.9. The summed E-state index contributed by atoms with van der Waals surface area (Å²) in [5.41, 5.74) is 1.25. The van der Waals surface area contributed by atoms with Gasteiger partial charge in [-0.3, -0.25) is 4.90 Å². The molecule has 1 atom stereocenters. The Morgan fingerprint density at radius 2 is 2.15 bits per heavy atom. The van der Waals surface area contributed by atoms with E-state index in [-0.39, 0.29) is 0 Å². The molecule has 3 heterocycles. The van der Waals surface area contributed by atoms with Crippen molar-refractivity contribution in [3.63, 3.8) is 0 Å². The van der Waals surface area contributed by atoms with E-state index in [1.54, 1.807) is 0 Å². The van der Waals surface area contributed by atoms with Crippen LogP contribution < -0.4 is 4.90 Å². The van der Waals surface area contributed by atoms with Gasteiger partial charge in [-0.15, -0.1) is 0 Å². The van der Waals surface area contributed by atoms with Crippen LogP contribution in [0.4, 0.5) is 5.82 Å². The SMILES string of the molecule is Cc1cc(N2CCN(CC3CCOC3)CC2)ncc1Br. The van der Waals surface area contributed by atoms with Crippen LogP contribution in [0.25, 0.3) is 0 Å². The summed E-state index contributed by atoms with van der Waals surface area (Å²) < 4.78 is 6.55. The highest BCUT2D eigenvalue weighted by Crippen LogP contribution is 2.21. The average Bonchev–Trinajstić information content (AvgIpc) is 2.96. The van der Waals surface area contributed by atoms with Crippen molar-refractivity contribution in [1.82, 2.24) is 9.88 Å². The van der Waals surface area contributed by atoms with Gasteiger partial charge in [0.1, 0.15) is 5.82 Å². The Morgan fingerprint density at radius 1 is 1.35 bits per heavy atom. The van der Waals surface area contributed by atoms with Crippen LogP contribution in [0.1, 0.15) is 12.0 Å². The fraction of sp³-hybridized carbons (Fsp3) is 0.667. The molecule has 20 heavy (non-hydrogen) atoms. The van der Waals surface area contributed by atoms with Gasteiger partial charge in [-0.1, -0.05) is 0 Å². The van der Waals surface area contributed by atoms with Crippen LogP contribution in [-0.2, 0) is 4.74 Å². The molecule has 0 bridgehead atoms. The molecular weight excluding hydrogens is 318 g/mol. The Hall–Kier alpha value is -0.650. The van der Waals surface area contributed by atoms with Gasteiger partial charge in [0.15, 0.2) is 0 Å². The molecule has 0 aliphatic carbocycles. The number of hydrogen-bond acceptors (Lipinski definition) is 4. The summed E-state index contributed by atoms with van der Waals surface area (Å²) in [4.78, 5) is 9.49. The zero-order valence-electron chi connectivity index (χ0n) is 12.0. The molecule has 2 fully saturated rings. The number of pyridine rings is 1. The van der Waals surface area contributed by atoms with Crippen molar-refractivity contribution in [2.75, 3.05) is 50.8 Å². The first-order chi connectivity index (χ1) is 9.72. The lowest BCUT2D eigenvalue weighted by atomic mass is 10.1. The fourth-order valence-corrected chi connectivity index (χ4v) is 3.17. The quantitative estimate of drug-likeness (QED) is 0.844. The summed E-state index contributed by atoms with van der Waals surface area (Å²) in [5, 5.41) is 0. The molecule has 2 aliphatic rings. The monoisotopic (exact) mass is 339 g/mol. The number of aromatic nitrogens is 1. The van der Waals surface area contributed by atoms with Crippen LogP contribution >= 0.6 is 15.9 Å². The lowest BCUT2D eigenvalue weighted by molar-refractivity contribution is 0.164. The summed E-state index contributed by atoms with van der Waals surface area (Å²) in [7, 11) is 0. The second-order valence-corrected chi connectivity index (χ2v) is 6.66. The molecule has 1 aromatic rings. The molecule has 0 N–H and O–H groups in total. The number of hydrogen-bond donors (Lipinski definition) is 0. The van der Waals surface area contributed by atoms with Crippen LogP contribution in [0.2, 0.25) is 0 Å². The normalized spacial score (nSPS) is 24.3. The van der Waals surface area contributed by atoms with E-state index in [0.717, 1.165) is 55.6 Å². The van der Waals surface area contributed by atoms with E-state index in [1.165, 1.54) is 18.5 Å². The number of halogens is 1. The van der Waals surface area contributed by atoms with Gasteiger partial charge in [-0.25, -0.2) is 4.98 Å². The van der Waals surface area contributed by atoms with E-state index in [9.17, 15) is 0 Å². The molecule has 110 valence electrons. The largest absolute Gasteiger partial charge is 0.381 e. The summed E-state index contributed by atoms with van der Waals surface area (Å²) in [6.45, 7) is 9.62. The van der Waals surface area contributed by atoms with Crippen LogP contribution in [0.5, 0.6) is 0 Å². The number of piperazine rings is 1. The molecule has 0 amide bonds. The number of rotatable bonds is 3. The van der Waals surface area contributed by atoms with Crippen LogP contribution in [-0.4, -0.2) is 55.8 Å². The van der Waals surface area contributed by atoms with Crippen LogP contribution in [0.15, 0.2) is 16.7 Å². The number of aryl methyl sites for hydroxylation is 1. The Labute approximate surface area is 129 Å². The Balaban J connectivity index is 1.53. The highest BCUT2D eigenvalue weighted by Gasteiger charge is 2.23. The molecular formula is C15H22BrN3O. The van der Waals surface area contributed by atoms with E-state index in [2.05, 4.69) is 43.7 Å². The zero-order valence-corrected chi connectivity index (χ0v) is 13.6. The van der Waals surface area contributed by atoms with E-state index >= 15 is 0 Å². The smallest absolute Gasteiger partial charge is 0.128 e. The molecule has 0 radical (unpaired) electrons. The lowest BCUT2D eigenvalue weighted by Gasteiger charge is -2.36. The van der Waals surface area contributed by atoms with E-state index < -0.39 is 0 Å². The third-order valence-electron chi connectivity index (χ3n) is 4.27. The zero-order chi connectivity index (χ0) is 13.9. The van der Waals surface area contributed by atoms with Crippen molar-refractivity contribution in [1.29, 1.82) is 0 Å². The maximum absolute atomic E-state index is 5.46. The van der Waals surface area contributed by atoms with Crippen molar-refractivity contribution in [3.8, 4) is 0 Å². The maximum atomic E-state index is 5.46. The third kappa shape index (κ3) is 3.32. The molecule has 2 aliphatic heterocycles. The molecule has 0 spiro atoms. The van der Waals surface area contributed by atoms with Crippen LogP contribution in [0, 0.1) is 12.8 Å². The Bertz CT molecular complexity index is 454. The number of nitrogens with zero attached hydrogens (tertiary/aromatic N) is 3. The molecule has 1 aromatic heterocycles. The van der Waals surface area contributed by atoms with Gasteiger partial charge >= 0.3 is 0 Å². The van der Waals surface area contributed by atoms with E-state index in [1.807, 2.05) is 6.20 Å². The van der Waals surface area contributed by atoms with Gasteiger partial charge in [0, 0.05) is 50.0 Å². The first kappa shape index (κ1) is 14.3. The first-order valence-corrected chi connectivity index (χ1v) is 8.19. The molecule has 0 saturated carbocycles. The second-order valence-electron chi connectivity index (χ2n) is 5.81. The third-order valence-corrected chi connectivity index (χ3v) is 5.10. The Morgan fingerprint density at radius 3 is 2.80 bits per heavy atom.